The van der Waals surface area contributed by atoms with Crippen LogP contribution < -0.4 is 4.90 Å². The number of allylic oxidation sites excluding steroid dienone is 1. The number of rotatable bonds is 6. The first kappa shape index (κ1) is 36.7. The lowest BCUT2D eigenvalue weighted by Crippen LogP contribution is -2.30. The molecule has 0 bridgehead atoms. The lowest BCUT2D eigenvalue weighted by atomic mass is 9.96. The molecule has 272 valence electrons. The average Bonchev–Trinajstić information content (AvgIpc) is 3.72. The Morgan fingerprint density at radius 3 is 1.86 bits per heavy atom. The summed E-state index contributed by atoms with van der Waals surface area (Å²) in [5.41, 5.74) is 6.33. The lowest BCUT2D eigenvalue weighted by Gasteiger charge is -2.21. The highest BCUT2D eigenvalue weighted by atomic mass is 16.3. The molecule has 1 aromatic heterocycles. The summed E-state index contributed by atoms with van der Waals surface area (Å²) in [6.45, 7) is 7.25. The number of benzene rings is 7. The molecule has 56 heavy (non-hydrogen) atoms. The molecule has 0 fully saturated rings. The summed E-state index contributed by atoms with van der Waals surface area (Å²) in [6.07, 6.45) is 1.75. The van der Waals surface area contributed by atoms with Crippen molar-refractivity contribution in [3.05, 3.63) is 199 Å². The zero-order valence-electron chi connectivity index (χ0n) is 30.6. The number of hydrogen-bond donors (Lipinski definition) is 1. The highest BCUT2D eigenvalue weighted by Gasteiger charge is 2.42. The number of amides is 2. The van der Waals surface area contributed by atoms with Crippen LogP contribution in [0.5, 0.6) is 5.75 Å². The minimum absolute atomic E-state index is 0.111. The Labute approximate surface area is 324 Å². The summed E-state index contributed by atoms with van der Waals surface area (Å²) in [5, 5.41) is 13.5. The van der Waals surface area contributed by atoms with Gasteiger partial charge in [-0.15, -0.1) is 6.58 Å². The van der Waals surface area contributed by atoms with E-state index in [2.05, 4.69) is 6.58 Å². The van der Waals surface area contributed by atoms with E-state index in [-0.39, 0.29) is 28.3 Å². The van der Waals surface area contributed by atoms with Gasteiger partial charge in [-0.3, -0.25) is 14.4 Å². The largest absolute Gasteiger partial charge is 0.506 e. The van der Waals surface area contributed by atoms with Gasteiger partial charge in [-0.05, 0) is 60.0 Å². The monoisotopic (exact) mass is 732 g/mol. The Hall–Kier alpha value is -7.64. The van der Waals surface area contributed by atoms with Gasteiger partial charge >= 0.3 is 0 Å². The molecule has 7 aromatic carbocycles. The Morgan fingerprint density at radius 2 is 1.18 bits per heavy atom. The predicted molar refractivity (Wildman–Crippen MR) is 224 cm³/mol. The van der Waals surface area contributed by atoms with Gasteiger partial charge in [0.05, 0.1) is 27.8 Å². The molecule has 8 aromatic rings. The van der Waals surface area contributed by atoms with Crippen LogP contribution in [0.2, 0.25) is 0 Å². The molecule has 7 nitrogen and oxygen atoms in total. The number of nitrogens with zero attached hydrogens (tertiary/aromatic N) is 2. The van der Waals surface area contributed by atoms with Gasteiger partial charge in [-0.1, -0.05) is 133 Å². The maximum atomic E-state index is 14.8. The highest BCUT2D eigenvalue weighted by molar-refractivity contribution is 6.37. The van der Waals surface area contributed by atoms with Crippen LogP contribution in [0, 0.1) is 0 Å². The van der Waals surface area contributed by atoms with Crippen molar-refractivity contribution in [2.24, 2.45) is 0 Å². The van der Waals surface area contributed by atoms with E-state index in [1.807, 2.05) is 140 Å². The van der Waals surface area contributed by atoms with Gasteiger partial charge in [0.1, 0.15) is 18.2 Å². The average molecular weight is 733 g/mol. The summed E-state index contributed by atoms with van der Waals surface area (Å²) >= 11 is 0. The molecule has 2 amide bonds. The smallest absolute Gasteiger partial charge is 0.268 e. The molecular formula is C49H36N2O5. The Kier molecular flexibility index (Phi) is 10.3. The van der Waals surface area contributed by atoms with E-state index in [4.69, 9.17) is 4.79 Å². The second-order valence-electron chi connectivity index (χ2n) is 12.9. The van der Waals surface area contributed by atoms with E-state index in [1.165, 1.54) is 0 Å². The summed E-state index contributed by atoms with van der Waals surface area (Å²) < 4.78 is 1.92. The van der Waals surface area contributed by atoms with Crippen molar-refractivity contribution >= 4 is 51.9 Å². The fourth-order valence-corrected chi connectivity index (χ4v) is 7.34. The number of aromatic hydroxyl groups is 1. The number of anilines is 1. The summed E-state index contributed by atoms with van der Waals surface area (Å²) in [5.74, 6) is -1.46. The molecule has 0 aliphatic carbocycles. The topological polar surface area (TPSA) is 96.7 Å². The van der Waals surface area contributed by atoms with Gasteiger partial charge in [-0.25, -0.2) is 4.90 Å². The molecule has 1 N–H and O–H groups in total. The van der Waals surface area contributed by atoms with E-state index >= 15 is 0 Å². The van der Waals surface area contributed by atoms with Crippen molar-refractivity contribution in [2.45, 2.75) is 6.92 Å². The van der Waals surface area contributed by atoms with Crippen LogP contribution in [0.1, 0.15) is 43.6 Å². The molecule has 0 atom stereocenters. The number of ketones is 1. The first-order valence-corrected chi connectivity index (χ1v) is 17.9. The molecule has 0 saturated carbocycles. The second kappa shape index (κ2) is 15.8. The minimum Gasteiger partial charge on any atom is -0.506 e. The van der Waals surface area contributed by atoms with E-state index in [9.17, 15) is 19.5 Å². The minimum atomic E-state index is -0.566. The Bertz CT molecular complexity index is 2770. The normalized spacial score (nSPS) is 11.7. The Balaban J connectivity index is 0.000000919. The number of carbonyl (C=O) groups excluding carboxylic acids is 4. The van der Waals surface area contributed by atoms with Gasteiger partial charge in [-0.2, -0.15) is 0 Å². The van der Waals surface area contributed by atoms with E-state index in [0.29, 0.717) is 27.9 Å². The van der Waals surface area contributed by atoms with Crippen LogP contribution in [0.25, 0.3) is 49.7 Å². The molecule has 0 saturated heterocycles. The maximum Gasteiger partial charge on any atom is 0.268 e. The van der Waals surface area contributed by atoms with Crippen molar-refractivity contribution in [1.29, 1.82) is 0 Å². The SMILES string of the molecule is C=CC.C=O.O=C(c1ccccc1)c1cccc2c3ccccc3n(-c3cccc4c3C(=O)N(c3c(O)cc(-c5ccccc5)cc3-c3ccccc3)C4=O)c12. The van der Waals surface area contributed by atoms with Crippen LogP contribution in [0.4, 0.5) is 5.69 Å². The van der Waals surface area contributed by atoms with E-state index in [0.717, 1.165) is 37.9 Å². The van der Waals surface area contributed by atoms with Crippen molar-refractivity contribution < 1.29 is 24.3 Å². The zero-order valence-corrected chi connectivity index (χ0v) is 30.6. The summed E-state index contributed by atoms with van der Waals surface area (Å²) in [7, 11) is 0. The number of imide groups is 1. The first-order chi connectivity index (χ1) is 27.4. The van der Waals surface area contributed by atoms with Crippen molar-refractivity contribution in [3.8, 4) is 33.7 Å². The quantitative estimate of drug-likeness (QED) is 0.104. The molecule has 0 spiro atoms. The zero-order chi connectivity index (χ0) is 39.3. The summed E-state index contributed by atoms with van der Waals surface area (Å²) in [6, 6.07) is 50.3. The first-order valence-electron chi connectivity index (χ1n) is 17.9. The number of aromatic nitrogens is 1. The highest BCUT2D eigenvalue weighted by Crippen LogP contribution is 2.46. The molecule has 2 heterocycles. The van der Waals surface area contributed by atoms with Gasteiger partial charge < -0.3 is 14.5 Å². The van der Waals surface area contributed by atoms with E-state index in [1.54, 1.807) is 48.5 Å². The molecule has 1 aliphatic rings. The van der Waals surface area contributed by atoms with Crippen LogP contribution in [-0.4, -0.2) is 34.1 Å². The summed E-state index contributed by atoms with van der Waals surface area (Å²) in [4.78, 5) is 52.4. The fraction of sp³-hybridized carbons (Fsp3) is 0.0204. The lowest BCUT2D eigenvalue weighted by molar-refractivity contribution is -0.0980. The van der Waals surface area contributed by atoms with Crippen LogP contribution in [0.15, 0.2) is 176 Å². The molecule has 0 radical (unpaired) electrons. The van der Waals surface area contributed by atoms with Crippen LogP contribution in [0.3, 0.4) is 0 Å². The van der Waals surface area contributed by atoms with Gasteiger partial charge in [0.25, 0.3) is 11.8 Å². The number of hydrogen-bond acceptors (Lipinski definition) is 5. The van der Waals surface area contributed by atoms with Crippen molar-refractivity contribution in [1.82, 2.24) is 4.57 Å². The third-order valence-electron chi connectivity index (χ3n) is 9.61. The number of phenolic OH excluding ortho intramolecular Hbond substituents is 1. The molecule has 7 heteroatoms. The van der Waals surface area contributed by atoms with Crippen molar-refractivity contribution in [3.63, 3.8) is 0 Å². The Morgan fingerprint density at radius 1 is 0.607 bits per heavy atom. The van der Waals surface area contributed by atoms with E-state index < -0.39 is 11.8 Å². The fourth-order valence-electron chi connectivity index (χ4n) is 7.34. The number of phenols is 1. The third kappa shape index (κ3) is 6.27. The van der Waals surface area contributed by atoms with Gasteiger partial charge in [0, 0.05) is 27.5 Å². The van der Waals surface area contributed by atoms with Crippen molar-refractivity contribution in [2.75, 3.05) is 4.90 Å². The standard InChI is InChI=1S/C45H28N2O4.C3H6.CH2O/c48-39-27-31(28-14-4-1-5-15-28)26-36(29-16-6-2-7-17-29)42(39)47-44(50)34-22-13-25-38(40(34)45(47)51)46-37-24-11-10-20-32(37)33-21-12-23-35(41(33)46)43(49)30-18-8-3-9-19-30;1-3-2;1-2/h1-27,48H;3H,1H2,2H3;1H2. The molecular weight excluding hydrogens is 697 g/mol. The number of para-hydroxylation sites is 2. The van der Waals surface area contributed by atoms with Crippen LogP contribution >= 0.6 is 0 Å². The molecule has 1 aliphatic heterocycles. The molecule has 9 rings (SSSR count). The van der Waals surface area contributed by atoms with Gasteiger partial charge in [0.15, 0.2) is 5.78 Å². The predicted octanol–water partition coefficient (Wildman–Crippen LogP) is 10.9. The second-order valence-corrected chi connectivity index (χ2v) is 12.9. The number of carbonyl (C=O) groups is 4. The number of fused-ring (bicyclic) bond motifs is 4. The van der Waals surface area contributed by atoms with Gasteiger partial charge in [0.2, 0.25) is 0 Å². The van der Waals surface area contributed by atoms with Crippen LogP contribution in [-0.2, 0) is 4.79 Å². The third-order valence-corrected chi connectivity index (χ3v) is 9.61. The molecule has 0 unspecified atom stereocenters. The maximum absolute atomic E-state index is 14.8.